The van der Waals surface area contributed by atoms with Crippen LogP contribution in [0.25, 0.3) is 33.4 Å². The molecule has 0 aromatic heterocycles. The Labute approximate surface area is 376 Å². The van der Waals surface area contributed by atoms with Crippen molar-refractivity contribution < 1.29 is 46.1 Å². The van der Waals surface area contributed by atoms with Gasteiger partial charge in [0, 0.05) is 0 Å². The molecule has 8 rings (SSSR count). The Balaban J connectivity index is 0.00000283. The van der Waals surface area contributed by atoms with Crippen molar-refractivity contribution >= 4 is 26.4 Å². The summed E-state index contributed by atoms with van der Waals surface area (Å²) in [6.45, 7) is 18.7. The van der Waals surface area contributed by atoms with E-state index in [1.165, 1.54) is 81.1 Å². The summed E-state index contributed by atoms with van der Waals surface area (Å²) in [6.07, 6.45) is 8.08. The molecule has 0 atom stereocenters. The van der Waals surface area contributed by atoms with Gasteiger partial charge in [0.05, 0.1) is 0 Å². The van der Waals surface area contributed by atoms with Crippen molar-refractivity contribution in [2.45, 2.75) is 76.3 Å². The van der Waals surface area contributed by atoms with Crippen molar-refractivity contribution in [1.29, 1.82) is 0 Å². The molecule has 5 heteroatoms. The van der Waals surface area contributed by atoms with Gasteiger partial charge >= 0.3 is 355 Å². The van der Waals surface area contributed by atoms with Gasteiger partial charge in [-0.1, -0.05) is 0 Å². The van der Waals surface area contributed by atoms with Crippen LogP contribution in [0.5, 0.6) is 0 Å². The van der Waals surface area contributed by atoms with Gasteiger partial charge in [0.2, 0.25) is 0 Å². The minimum atomic E-state index is -3.05. The molecule has 0 unspecified atom stereocenters. The standard InChI is InChI=1S/C35H37.C13H8Cl2.C5H5.2ClH.Zr/c1-22-13-9-11-15-26(22)30-18-24-17-25-19-31(27-16-12-10-14-23(27)2)33(35(6,7)8)21-29(25)28(24)20-32(30)34(3,4)5;14-12-5-1-10(2-6-12)9-11-3-7-13(15)8-4-11;1-2-4-5-3-1;;;/h9-21H,1-8H3;1-8H;1-3H,4H2;2*1H;/q;;;;;+2/p-2. The SMILES string of the molecule is Cc1ccccc1-c1cc2c(cc1C(C)(C)C)-c1cc(C(C)(C)C)c(-c3ccccc3C)cc1[CH]2[Zr+2]([C]1=CC=CC1)=[C](c1ccc(Cl)cc1)c1ccc(Cl)cc1.[Cl-].[Cl-]. The van der Waals surface area contributed by atoms with E-state index in [9.17, 15) is 0 Å². The summed E-state index contributed by atoms with van der Waals surface area (Å²) < 4.78 is 3.31. The molecular weight excluding hydrogens is 870 g/mol. The number of allylic oxidation sites excluding steroid dienone is 4. The van der Waals surface area contributed by atoms with Crippen molar-refractivity contribution in [3.63, 3.8) is 0 Å². The molecule has 0 bridgehead atoms. The molecule has 0 spiro atoms. The fourth-order valence-electron chi connectivity index (χ4n) is 8.94. The van der Waals surface area contributed by atoms with E-state index in [4.69, 9.17) is 23.2 Å². The summed E-state index contributed by atoms with van der Waals surface area (Å²) >= 11 is 10.1. The summed E-state index contributed by atoms with van der Waals surface area (Å²) in [5.74, 6) is 0. The molecule has 294 valence electrons. The quantitative estimate of drug-likeness (QED) is 0.156. The first-order chi connectivity index (χ1) is 26.7. The van der Waals surface area contributed by atoms with E-state index in [1.54, 1.807) is 3.28 Å². The summed E-state index contributed by atoms with van der Waals surface area (Å²) in [5.41, 5.74) is 18.8. The number of halogens is 4. The Morgan fingerprint density at radius 3 is 1.31 bits per heavy atom. The molecule has 0 radical (unpaired) electrons. The molecule has 0 amide bonds. The first-order valence-corrected chi connectivity index (χ1v) is 24.5. The van der Waals surface area contributed by atoms with E-state index in [2.05, 4.69) is 195 Å². The largest absolute Gasteiger partial charge is 1.00 e. The van der Waals surface area contributed by atoms with Gasteiger partial charge in [-0.05, 0) is 0 Å². The third-order valence-corrected chi connectivity index (χ3v) is 20.5. The van der Waals surface area contributed by atoms with Gasteiger partial charge in [-0.15, -0.1) is 0 Å². The van der Waals surface area contributed by atoms with Crippen LogP contribution in [-0.4, -0.2) is 3.21 Å². The Kier molecular flexibility index (Phi) is 13.3. The fourth-order valence-corrected chi connectivity index (χ4v) is 18.2. The topological polar surface area (TPSA) is 0 Å². The zero-order chi connectivity index (χ0) is 39.5. The first-order valence-electron chi connectivity index (χ1n) is 19.8. The van der Waals surface area contributed by atoms with Gasteiger partial charge in [0.15, 0.2) is 0 Å². The average Bonchev–Trinajstić information content (AvgIpc) is 3.80. The molecule has 0 fully saturated rings. The second-order valence-corrected chi connectivity index (χ2v) is 24.8. The molecular formula is C53H50Cl4Zr. The maximum Gasteiger partial charge on any atom is -1.00 e. The van der Waals surface area contributed by atoms with Gasteiger partial charge in [0.25, 0.3) is 0 Å². The summed E-state index contributed by atoms with van der Waals surface area (Å²) in [6, 6.07) is 45.5. The van der Waals surface area contributed by atoms with E-state index in [-0.39, 0.29) is 39.3 Å². The molecule has 2 aliphatic rings. The number of rotatable bonds is 6. The van der Waals surface area contributed by atoms with Gasteiger partial charge < -0.3 is 24.8 Å². The summed E-state index contributed by atoms with van der Waals surface area (Å²) in [5, 5.41) is 1.51. The van der Waals surface area contributed by atoms with Gasteiger partial charge in [-0.3, -0.25) is 0 Å². The van der Waals surface area contributed by atoms with Crippen LogP contribution in [0.4, 0.5) is 0 Å². The Morgan fingerprint density at radius 1 is 0.534 bits per heavy atom. The zero-order valence-electron chi connectivity index (χ0n) is 34.6. The average molecular weight is 920 g/mol. The van der Waals surface area contributed by atoms with Crippen molar-refractivity contribution in [2.75, 3.05) is 0 Å². The van der Waals surface area contributed by atoms with Crippen LogP contribution in [-0.2, 0) is 32.1 Å². The van der Waals surface area contributed by atoms with E-state index >= 15 is 0 Å². The zero-order valence-corrected chi connectivity index (χ0v) is 40.1. The minimum Gasteiger partial charge on any atom is -1.00 e. The van der Waals surface area contributed by atoms with Crippen LogP contribution in [0.15, 0.2) is 143 Å². The molecule has 0 N–H and O–H groups in total. The predicted molar refractivity (Wildman–Crippen MR) is 239 cm³/mol. The van der Waals surface area contributed by atoms with E-state index in [1.807, 2.05) is 0 Å². The molecule has 0 aliphatic heterocycles. The number of hydrogen-bond donors (Lipinski definition) is 0. The maximum absolute atomic E-state index is 6.60. The van der Waals surface area contributed by atoms with Crippen molar-refractivity contribution in [2.24, 2.45) is 0 Å². The second-order valence-electron chi connectivity index (χ2n) is 17.7. The molecule has 2 aliphatic carbocycles. The molecule has 0 saturated carbocycles. The smallest absolute Gasteiger partial charge is 1.00 e. The van der Waals surface area contributed by atoms with Crippen LogP contribution in [0.2, 0.25) is 10.0 Å². The van der Waals surface area contributed by atoms with Crippen LogP contribution in [0.1, 0.15) is 96.1 Å². The third-order valence-electron chi connectivity index (χ3n) is 11.7. The van der Waals surface area contributed by atoms with Crippen LogP contribution >= 0.6 is 23.2 Å². The molecule has 58 heavy (non-hydrogen) atoms. The molecule has 0 saturated heterocycles. The van der Waals surface area contributed by atoms with Crippen LogP contribution in [0.3, 0.4) is 0 Å². The summed E-state index contributed by atoms with van der Waals surface area (Å²) in [7, 11) is 0. The van der Waals surface area contributed by atoms with Crippen LogP contribution < -0.4 is 24.8 Å². The second kappa shape index (κ2) is 17.4. The maximum atomic E-state index is 6.60. The van der Waals surface area contributed by atoms with Gasteiger partial charge in [-0.25, -0.2) is 0 Å². The van der Waals surface area contributed by atoms with Gasteiger partial charge in [0.1, 0.15) is 0 Å². The van der Waals surface area contributed by atoms with Crippen molar-refractivity contribution in [3.05, 3.63) is 197 Å². The fraction of sp³-hybridized carbons (Fsp3) is 0.226. The normalized spacial score (nSPS) is 13.2. The Morgan fingerprint density at radius 2 is 0.948 bits per heavy atom. The van der Waals surface area contributed by atoms with E-state index < -0.39 is 21.3 Å². The predicted octanol–water partition coefficient (Wildman–Crippen LogP) is 9.35. The summed E-state index contributed by atoms with van der Waals surface area (Å²) in [4.78, 5) is 0. The van der Waals surface area contributed by atoms with E-state index in [0.29, 0.717) is 0 Å². The van der Waals surface area contributed by atoms with Gasteiger partial charge in [-0.2, -0.15) is 0 Å². The van der Waals surface area contributed by atoms with Crippen molar-refractivity contribution in [1.82, 2.24) is 0 Å². The third kappa shape index (κ3) is 8.38. The number of benzene rings is 6. The number of aryl methyl sites for hydroxylation is 2. The minimum absolute atomic E-state index is 0. The first kappa shape index (κ1) is 44.3. The molecule has 6 aromatic carbocycles. The molecule has 6 aromatic rings. The number of fused-ring (bicyclic) bond motifs is 3. The number of hydrogen-bond acceptors (Lipinski definition) is 0. The molecule has 0 nitrogen and oxygen atoms in total. The molecule has 0 heterocycles. The van der Waals surface area contributed by atoms with Crippen molar-refractivity contribution in [3.8, 4) is 33.4 Å². The van der Waals surface area contributed by atoms with E-state index in [0.717, 1.165) is 16.5 Å². The Bertz CT molecular complexity index is 2430. The monoisotopic (exact) mass is 916 g/mol. The van der Waals surface area contributed by atoms with Crippen LogP contribution in [0, 0.1) is 13.8 Å². The Hall–Kier alpha value is -3.29.